The third-order valence-corrected chi connectivity index (χ3v) is 1.70. The van der Waals surface area contributed by atoms with E-state index in [2.05, 4.69) is 10.3 Å². The number of aromatic nitrogens is 1. The van der Waals surface area contributed by atoms with Crippen LogP contribution in [-0.2, 0) is 4.79 Å². The van der Waals surface area contributed by atoms with Crippen molar-refractivity contribution < 1.29 is 19.1 Å². The van der Waals surface area contributed by atoms with Crippen molar-refractivity contribution in [1.82, 2.24) is 10.3 Å². The Morgan fingerprint density at radius 1 is 1.67 bits per heavy atom. The van der Waals surface area contributed by atoms with Gasteiger partial charge in [-0.2, -0.15) is 0 Å². The minimum absolute atomic E-state index is 0.0877. The molecule has 15 heavy (non-hydrogen) atoms. The molecule has 1 aromatic heterocycles. The van der Waals surface area contributed by atoms with E-state index in [0.29, 0.717) is 5.89 Å². The van der Waals surface area contributed by atoms with E-state index in [-0.39, 0.29) is 12.2 Å². The topological polar surface area (TPSA) is 92.4 Å². The quantitative estimate of drug-likeness (QED) is 0.761. The van der Waals surface area contributed by atoms with Gasteiger partial charge in [0.05, 0.1) is 12.6 Å². The molecule has 0 fully saturated rings. The molecule has 1 unspecified atom stereocenters. The van der Waals surface area contributed by atoms with Crippen molar-refractivity contribution >= 4 is 11.9 Å². The van der Waals surface area contributed by atoms with Crippen molar-refractivity contribution in [2.75, 3.05) is 0 Å². The number of rotatable bonds is 4. The van der Waals surface area contributed by atoms with Crippen molar-refractivity contribution in [2.45, 2.75) is 26.3 Å². The van der Waals surface area contributed by atoms with E-state index >= 15 is 0 Å². The average Bonchev–Trinajstić information content (AvgIpc) is 2.49. The number of hydrogen-bond acceptors (Lipinski definition) is 4. The second kappa shape index (κ2) is 4.59. The summed E-state index contributed by atoms with van der Waals surface area (Å²) in [6.07, 6.45) is 1.18. The second-order valence-corrected chi connectivity index (χ2v) is 3.22. The smallest absolute Gasteiger partial charge is 0.305 e. The Kier molecular flexibility index (Phi) is 3.43. The highest BCUT2D eigenvalue weighted by atomic mass is 16.4. The second-order valence-electron chi connectivity index (χ2n) is 3.22. The lowest BCUT2D eigenvalue weighted by molar-refractivity contribution is -0.137. The molecule has 0 saturated carbocycles. The molecule has 0 spiro atoms. The van der Waals surface area contributed by atoms with Crippen LogP contribution >= 0.6 is 0 Å². The van der Waals surface area contributed by atoms with Crippen LogP contribution in [0.1, 0.15) is 29.8 Å². The molecule has 1 aromatic rings. The Hall–Kier alpha value is -1.85. The van der Waals surface area contributed by atoms with Crippen LogP contribution in [0.15, 0.2) is 10.6 Å². The van der Waals surface area contributed by atoms with Crippen molar-refractivity contribution in [2.24, 2.45) is 0 Å². The van der Waals surface area contributed by atoms with E-state index < -0.39 is 17.9 Å². The zero-order chi connectivity index (χ0) is 11.4. The Balaban J connectivity index is 2.52. The fraction of sp³-hybridized carbons (Fsp3) is 0.444. The highest BCUT2D eigenvalue weighted by Gasteiger charge is 2.15. The van der Waals surface area contributed by atoms with Gasteiger partial charge in [0.1, 0.15) is 0 Å². The summed E-state index contributed by atoms with van der Waals surface area (Å²) in [5.74, 6) is -0.934. The Morgan fingerprint density at radius 3 is 2.80 bits per heavy atom. The maximum atomic E-state index is 11.4. The van der Waals surface area contributed by atoms with Crippen LogP contribution in [0.3, 0.4) is 0 Å². The summed E-state index contributed by atoms with van der Waals surface area (Å²) < 4.78 is 4.98. The molecule has 1 amide bonds. The molecule has 0 aromatic carbocycles. The number of carboxylic acid groups (broad SMARTS) is 1. The maximum Gasteiger partial charge on any atom is 0.305 e. The van der Waals surface area contributed by atoms with Gasteiger partial charge in [0.15, 0.2) is 5.89 Å². The summed E-state index contributed by atoms with van der Waals surface area (Å²) in [5, 5.41) is 11.0. The molecule has 2 N–H and O–H groups in total. The molecule has 0 bridgehead atoms. The number of carbonyl (C=O) groups excluding carboxylic acids is 1. The van der Waals surface area contributed by atoms with E-state index in [1.54, 1.807) is 13.8 Å². The molecule has 6 nitrogen and oxygen atoms in total. The molecule has 0 saturated heterocycles. The number of nitrogens with zero attached hydrogens (tertiary/aromatic N) is 1. The molecular formula is C9H12N2O4. The first-order chi connectivity index (χ1) is 6.99. The number of aliphatic carboxylic acids is 1. The van der Waals surface area contributed by atoms with Gasteiger partial charge < -0.3 is 14.8 Å². The van der Waals surface area contributed by atoms with Gasteiger partial charge in [0.25, 0.3) is 5.91 Å². The highest BCUT2D eigenvalue weighted by Crippen LogP contribution is 2.02. The summed E-state index contributed by atoms with van der Waals surface area (Å²) in [4.78, 5) is 25.5. The van der Waals surface area contributed by atoms with Crippen LogP contribution in [-0.4, -0.2) is 28.0 Å². The predicted octanol–water partition coefficient (Wildman–Crippen LogP) is 0.576. The van der Waals surface area contributed by atoms with E-state index in [9.17, 15) is 9.59 Å². The monoisotopic (exact) mass is 212 g/mol. The number of aryl methyl sites for hydroxylation is 1. The van der Waals surface area contributed by atoms with Crippen LogP contribution in [0, 0.1) is 6.92 Å². The van der Waals surface area contributed by atoms with Gasteiger partial charge in [-0.05, 0) is 6.92 Å². The fourth-order valence-electron chi connectivity index (χ4n) is 1.07. The van der Waals surface area contributed by atoms with Gasteiger partial charge in [-0.25, -0.2) is 4.98 Å². The zero-order valence-electron chi connectivity index (χ0n) is 8.48. The van der Waals surface area contributed by atoms with Gasteiger partial charge in [-0.15, -0.1) is 0 Å². The lowest BCUT2D eigenvalue weighted by Gasteiger charge is -2.09. The van der Waals surface area contributed by atoms with Gasteiger partial charge >= 0.3 is 5.97 Å². The van der Waals surface area contributed by atoms with Gasteiger partial charge in [-0.1, -0.05) is 0 Å². The van der Waals surface area contributed by atoms with Gasteiger partial charge in [-0.3, -0.25) is 9.59 Å². The SMILES string of the molecule is Cc1ncc(C(=O)NC(C)CC(=O)O)o1. The van der Waals surface area contributed by atoms with E-state index in [1.807, 2.05) is 0 Å². The Morgan fingerprint density at radius 2 is 2.33 bits per heavy atom. The van der Waals surface area contributed by atoms with E-state index in [4.69, 9.17) is 9.52 Å². The molecular weight excluding hydrogens is 200 g/mol. The number of oxazole rings is 1. The van der Waals surface area contributed by atoms with Gasteiger partial charge in [0.2, 0.25) is 5.76 Å². The predicted molar refractivity (Wildman–Crippen MR) is 50.4 cm³/mol. The van der Waals surface area contributed by atoms with Crippen LogP contribution in [0.2, 0.25) is 0 Å². The summed E-state index contributed by atoms with van der Waals surface area (Å²) >= 11 is 0. The number of carbonyl (C=O) groups is 2. The van der Waals surface area contributed by atoms with Crippen LogP contribution in [0.25, 0.3) is 0 Å². The average molecular weight is 212 g/mol. The highest BCUT2D eigenvalue weighted by molar-refractivity contribution is 5.91. The summed E-state index contributed by atoms with van der Waals surface area (Å²) in [7, 11) is 0. The summed E-state index contributed by atoms with van der Waals surface area (Å²) in [6, 6.07) is -0.444. The lowest BCUT2D eigenvalue weighted by atomic mass is 10.2. The van der Waals surface area contributed by atoms with Crippen molar-refractivity contribution in [1.29, 1.82) is 0 Å². The maximum absolute atomic E-state index is 11.4. The van der Waals surface area contributed by atoms with Crippen LogP contribution in [0.5, 0.6) is 0 Å². The number of amides is 1. The van der Waals surface area contributed by atoms with Crippen LogP contribution < -0.4 is 5.32 Å². The molecule has 6 heteroatoms. The largest absolute Gasteiger partial charge is 0.481 e. The molecule has 82 valence electrons. The first-order valence-electron chi connectivity index (χ1n) is 4.44. The standard InChI is InChI=1S/C9H12N2O4/c1-5(3-8(12)13)11-9(14)7-4-10-6(2)15-7/h4-5H,3H2,1-2H3,(H,11,14)(H,12,13). The Bertz CT molecular complexity index is 372. The van der Waals surface area contributed by atoms with Gasteiger partial charge in [0, 0.05) is 13.0 Å². The fourth-order valence-corrected chi connectivity index (χ4v) is 1.07. The molecule has 0 aliphatic carbocycles. The summed E-state index contributed by atoms with van der Waals surface area (Å²) in [5.41, 5.74) is 0. The minimum atomic E-state index is -0.962. The normalized spacial score (nSPS) is 12.1. The van der Waals surface area contributed by atoms with Crippen molar-refractivity contribution in [3.05, 3.63) is 17.8 Å². The Labute approximate surface area is 86.3 Å². The lowest BCUT2D eigenvalue weighted by Crippen LogP contribution is -2.33. The van der Waals surface area contributed by atoms with Crippen molar-refractivity contribution in [3.63, 3.8) is 0 Å². The van der Waals surface area contributed by atoms with Crippen LogP contribution in [0.4, 0.5) is 0 Å². The van der Waals surface area contributed by atoms with E-state index in [0.717, 1.165) is 0 Å². The number of hydrogen-bond donors (Lipinski definition) is 2. The molecule has 0 radical (unpaired) electrons. The number of carboxylic acids is 1. The zero-order valence-corrected chi connectivity index (χ0v) is 8.48. The van der Waals surface area contributed by atoms with E-state index in [1.165, 1.54) is 6.20 Å². The third kappa shape index (κ3) is 3.41. The van der Waals surface area contributed by atoms with Crippen molar-refractivity contribution in [3.8, 4) is 0 Å². The molecule has 0 aliphatic rings. The molecule has 0 aliphatic heterocycles. The molecule has 1 atom stereocenters. The first-order valence-corrected chi connectivity index (χ1v) is 4.44. The molecule has 1 heterocycles. The number of nitrogens with one attached hydrogen (secondary N) is 1. The first kappa shape index (κ1) is 11.2. The molecule has 1 rings (SSSR count). The summed E-state index contributed by atoms with van der Waals surface area (Å²) in [6.45, 7) is 3.23. The minimum Gasteiger partial charge on any atom is -0.481 e. The third-order valence-electron chi connectivity index (χ3n) is 1.70.